The average Bonchev–Trinajstić information content (AvgIpc) is 2.32. The molecule has 0 aromatic heterocycles. The van der Waals surface area contributed by atoms with E-state index >= 15 is 0 Å². The fourth-order valence-electron chi connectivity index (χ4n) is 1.19. The van der Waals surface area contributed by atoms with Gasteiger partial charge in [-0.05, 0) is 31.2 Å². The number of carbonyl (C=O) groups is 1. The van der Waals surface area contributed by atoms with Crippen LogP contribution in [0.5, 0.6) is 5.75 Å². The number of benzene rings is 1. The van der Waals surface area contributed by atoms with E-state index < -0.39 is 6.10 Å². The maximum atomic E-state index is 12.6. The summed E-state index contributed by atoms with van der Waals surface area (Å²) < 4.78 is 22.8. The minimum atomic E-state index is -0.627. The van der Waals surface area contributed by atoms with Crippen molar-refractivity contribution in [1.29, 1.82) is 0 Å². The zero-order chi connectivity index (χ0) is 12.7. The van der Waals surface area contributed by atoms with Gasteiger partial charge in [-0.1, -0.05) is 0 Å². The first-order valence-electron chi connectivity index (χ1n) is 5.32. The van der Waals surface area contributed by atoms with Crippen LogP contribution in [-0.2, 0) is 9.53 Å². The second kappa shape index (κ2) is 6.85. The van der Waals surface area contributed by atoms with Crippen molar-refractivity contribution < 1.29 is 18.7 Å². The molecule has 0 fully saturated rings. The summed E-state index contributed by atoms with van der Waals surface area (Å²) in [6.07, 6.45) is -0.627. The van der Waals surface area contributed by atoms with E-state index in [0.29, 0.717) is 18.9 Å². The van der Waals surface area contributed by atoms with Gasteiger partial charge in [-0.25, -0.2) is 4.39 Å². The van der Waals surface area contributed by atoms with E-state index in [0.717, 1.165) is 0 Å². The zero-order valence-electron chi connectivity index (χ0n) is 9.90. The molecule has 0 saturated heterocycles. The van der Waals surface area contributed by atoms with Gasteiger partial charge in [-0.3, -0.25) is 4.79 Å². The zero-order valence-corrected chi connectivity index (χ0v) is 9.90. The fraction of sp³-hybridized carbons (Fsp3) is 0.417. The lowest BCUT2D eigenvalue weighted by atomic mass is 10.3. The van der Waals surface area contributed by atoms with Crippen LogP contribution in [0, 0.1) is 5.82 Å². The predicted molar refractivity (Wildman–Crippen MR) is 61.4 cm³/mol. The Bertz CT molecular complexity index is 353. The molecule has 1 N–H and O–H groups in total. The summed E-state index contributed by atoms with van der Waals surface area (Å²) in [5.74, 6) is -0.110. The van der Waals surface area contributed by atoms with Crippen LogP contribution in [0.2, 0.25) is 0 Å². The van der Waals surface area contributed by atoms with Crippen molar-refractivity contribution in [2.75, 3.05) is 20.3 Å². The summed E-state index contributed by atoms with van der Waals surface area (Å²) in [4.78, 5) is 11.5. The van der Waals surface area contributed by atoms with Gasteiger partial charge in [0.1, 0.15) is 11.6 Å². The quantitative estimate of drug-likeness (QED) is 0.765. The first-order chi connectivity index (χ1) is 8.13. The van der Waals surface area contributed by atoms with E-state index in [4.69, 9.17) is 9.47 Å². The molecule has 0 saturated carbocycles. The molecule has 0 heterocycles. The number of hydrogen-bond acceptors (Lipinski definition) is 3. The molecule has 1 unspecified atom stereocenters. The Labute approximate surface area is 99.7 Å². The van der Waals surface area contributed by atoms with Crippen molar-refractivity contribution in [1.82, 2.24) is 5.32 Å². The Morgan fingerprint density at radius 2 is 2.06 bits per heavy atom. The molecule has 4 nitrogen and oxygen atoms in total. The van der Waals surface area contributed by atoms with Crippen LogP contribution in [-0.4, -0.2) is 32.3 Å². The molecule has 5 heteroatoms. The second-order valence-electron chi connectivity index (χ2n) is 3.50. The van der Waals surface area contributed by atoms with Crippen LogP contribution in [0.4, 0.5) is 4.39 Å². The van der Waals surface area contributed by atoms with Gasteiger partial charge in [0.05, 0.1) is 6.61 Å². The van der Waals surface area contributed by atoms with E-state index in [1.165, 1.54) is 24.3 Å². The summed E-state index contributed by atoms with van der Waals surface area (Å²) in [6.45, 7) is 2.52. The van der Waals surface area contributed by atoms with E-state index in [-0.39, 0.29) is 11.7 Å². The number of carbonyl (C=O) groups excluding carboxylic acids is 1. The largest absolute Gasteiger partial charge is 0.481 e. The Morgan fingerprint density at radius 3 is 2.65 bits per heavy atom. The molecule has 1 rings (SSSR count). The van der Waals surface area contributed by atoms with Crippen LogP contribution >= 0.6 is 0 Å². The van der Waals surface area contributed by atoms with E-state index in [1.54, 1.807) is 14.0 Å². The smallest absolute Gasteiger partial charge is 0.260 e. The van der Waals surface area contributed by atoms with E-state index in [1.807, 2.05) is 0 Å². The predicted octanol–water partition coefficient (Wildman–Crippen LogP) is 1.36. The maximum Gasteiger partial charge on any atom is 0.260 e. The Kier molecular flexibility index (Phi) is 5.42. The Balaban J connectivity index is 2.40. The molecule has 0 spiro atoms. The molecule has 0 aliphatic rings. The molecule has 1 aromatic carbocycles. The monoisotopic (exact) mass is 241 g/mol. The molecule has 94 valence electrons. The lowest BCUT2D eigenvalue weighted by molar-refractivity contribution is -0.127. The van der Waals surface area contributed by atoms with Gasteiger partial charge in [-0.15, -0.1) is 0 Å². The third kappa shape index (κ3) is 4.82. The minimum absolute atomic E-state index is 0.230. The van der Waals surface area contributed by atoms with E-state index in [9.17, 15) is 9.18 Å². The molecule has 1 atom stereocenters. The van der Waals surface area contributed by atoms with E-state index in [2.05, 4.69) is 5.32 Å². The van der Waals surface area contributed by atoms with Crippen molar-refractivity contribution in [2.24, 2.45) is 0 Å². The van der Waals surface area contributed by atoms with Crippen molar-refractivity contribution in [2.45, 2.75) is 13.0 Å². The SMILES string of the molecule is COCCNC(=O)C(C)Oc1ccc(F)cc1. The van der Waals surface area contributed by atoms with Crippen molar-refractivity contribution in [3.05, 3.63) is 30.1 Å². The third-order valence-corrected chi connectivity index (χ3v) is 2.10. The summed E-state index contributed by atoms with van der Waals surface area (Å²) in [7, 11) is 1.56. The Morgan fingerprint density at radius 1 is 1.41 bits per heavy atom. The highest BCUT2D eigenvalue weighted by Gasteiger charge is 2.13. The minimum Gasteiger partial charge on any atom is -0.481 e. The molecule has 17 heavy (non-hydrogen) atoms. The average molecular weight is 241 g/mol. The highest BCUT2D eigenvalue weighted by molar-refractivity contribution is 5.80. The Hall–Kier alpha value is -1.62. The topological polar surface area (TPSA) is 47.6 Å². The highest BCUT2D eigenvalue weighted by Crippen LogP contribution is 2.12. The van der Waals surface area contributed by atoms with Gasteiger partial charge >= 0.3 is 0 Å². The molecule has 0 aliphatic heterocycles. The maximum absolute atomic E-state index is 12.6. The summed E-state index contributed by atoms with van der Waals surface area (Å²) in [5, 5.41) is 2.65. The van der Waals surface area contributed by atoms with Crippen LogP contribution in [0.1, 0.15) is 6.92 Å². The van der Waals surface area contributed by atoms with Crippen molar-refractivity contribution >= 4 is 5.91 Å². The number of nitrogens with one attached hydrogen (secondary N) is 1. The number of hydrogen-bond donors (Lipinski definition) is 1. The van der Waals surface area contributed by atoms with Crippen LogP contribution in [0.15, 0.2) is 24.3 Å². The standard InChI is InChI=1S/C12H16FNO3/c1-9(12(15)14-7-8-16-2)17-11-5-3-10(13)4-6-11/h3-6,9H,7-8H2,1-2H3,(H,14,15). The molecular weight excluding hydrogens is 225 g/mol. The fourth-order valence-corrected chi connectivity index (χ4v) is 1.19. The van der Waals surface area contributed by atoms with Gasteiger partial charge in [-0.2, -0.15) is 0 Å². The van der Waals surface area contributed by atoms with Gasteiger partial charge < -0.3 is 14.8 Å². The number of ether oxygens (including phenoxy) is 2. The first kappa shape index (κ1) is 13.4. The first-order valence-corrected chi connectivity index (χ1v) is 5.32. The van der Waals surface area contributed by atoms with Gasteiger partial charge in [0, 0.05) is 13.7 Å². The number of methoxy groups -OCH3 is 1. The summed E-state index contributed by atoms with van der Waals surface area (Å²) in [5.41, 5.74) is 0. The van der Waals surface area contributed by atoms with Crippen molar-refractivity contribution in [3.8, 4) is 5.75 Å². The number of halogens is 1. The number of rotatable bonds is 6. The molecule has 1 amide bonds. The molecule has 0 aliphatic carbocycles. The van der Waals surface area contributed by atoms with Crippen molar-refractivity contribution in [3.63, 3.8) is 0 Å². The molecule has 0 bridgehead atoms. The van der Waals surface area contributed by atoms with Gasteiger partial charge in [0.2, 0.25) is 0 Å². The third-order valence-electron chi connectivity index (χ3n) is 2.10. The van der Waals surface area contributed by atoms with Crippen LogP contribution < -0.4 is 10.1 Å². The lowest BCUT2D eigenvalue weighted by Crippen LogP contribution is -2.37. The van der Waals surface area contributed by atoms with Crippen LogP contribution in [0.25, 0.3) is 0 Å². The van der Waals surface area contributed by atoms with Gasteiger partial charge in [0.25, 0.3) is 5.91 Å². The molecule has 0 radical (unpaired) electrons. The van der Waals surface area contributed by atoms with Crippen LogP contribution in [0.3, 0.4) is 0 Å². The number of amides is 1. The summed E-state index contributed by atoms with van der Waals surface area (Å²) >= 11 is 0. The van der Waals surface area contributed by atoms with Gasteiger partial charge in [0.15, 0.2) is 6.10 Å². The molecule has 1 aromatic rings. The lowest BCUT2D eigenvalue weighted by Gasteiger charge is -2.14. The summed E-state index contributed by atoms with van der Waals surface area (Å²) in [6, 6.07) is 5.53. The second-order valence-corrected chi connectivity index (χ2v) is 3.50. The normalized spacial score (nSPS) is 11.9. The molecular formula is C12H16FNO3. The highest BCUT2D eigenvalue weighted by atomic mass is 19.1.